The summed E-state index contributed by atoms with van der Waals surface area (Å²) >= 11 is 0. The molecular weight excluding hydrogens is 284 g/mol. The summed E-state index contributed by atoms with van der Waals surface area (Å²) in [6.45, 7) is 2.47. The van der Waals surface area contributed by atoms with Crippen LogP contribution in [0.2, 0.25) is 0 Å². The lowest BCUT2D eigenvalue weighted by Gasteiger charge is -2.05. The lowest BCUT2D eigenvalue weighted by atomic mass is 10.2. The number of aryl methyl sites for hydroxylation is 1. The predicted molar refractivity (Wildman–Crippen MR) is 78.8 cm³/mol. The Kier molecular flexibility index (Phi) is 5.65. The van der Waals surface area contributed by atoms with Crippen molar-refractivity contribution in [3.63, 3.8) is 0 Å². The molecular formula is C15H18N4O3. The number of alkyl carbamates (subject to hydrolysis) is 1. The van der Waals surface area contributed by atoms with Gasteiger partial charge in [0.2, 0.25) is 0 Å². The average Bonchev–Trinajstić information content (AvgIpc) is 2.98. The van der Waals surface area contributed by atoms with Gasteiger partial charge in [0.1, 0.15) is 18.1 Å². The molecule has 1 aromatic carbocycles. The number of aromatic nitrogens is 3. The van der Waals surface area contributed by atoms with Crippen LogP contribution in [0.15, 0.2) is 36.5 Å². The van der Waals surface area contributed by atoms with E-state index in [1.54, 1.807) is 10.9 Å². The van der Waals surface area contributed by atoms with Crippen LogP contribution < -0.4 is 5.32 Å². The fourth-order valence-electron chi connectivity index (χ4n) is 1.74. The molecule has 22 heavy (non-hydrogen) atoms. The van der Waals surface area contributed by atoms with E-state index in [1.807, 2.05) is 30.3 Å². The number of Topliss-reactive ketones (excluding diaryl/α,β-unsaturated/α-hetero) is 1. The number of hydrogen-bond acceptors (Lipinski definition) is 5. The first kappa shape index (κ1) is 15.7. The van der Waals surface area contributed by atoms with Crippen molar-refractivity contribution < 1.29 is 14.3 Å². The Morgan fingerprint density at radius 3 is 2.77 bits per heavy atom. The molecule has 0 radical (unpaired) electrons. The van der Waals surface area contributed by atoms with Crippen molar-refractivity contribution >= 4 is 11.9 Å². The molecule has 0 saturated heterocycles. The van der Waals surface area contributed by atoms with Crippen LogP contribution in [0.1, 0.15) is 24.6 Å². The number of benzene rings is 1. The highest BCUT2D eigenvalue weighted by Gasteiger charge is 2.06. The Morgan fingerprint density at radius 2 is 2.05 bits per heavy atom. The van der Waals surface area contributed by atoms with E-state index in [0.717, 1.165) is 5.56 Å². The van der Waals surface area contributed by atoms with Crippen molar-refractivity contribution in [2.45, 2.75) is 33.0 Å². The van der Waals surface area contributed by atoms with E-state index in [9.17, 15) is 9.59 Å². The zero-order valence-corrected chi connectivity index (χ0v) is 12.4. The first-order valence-electron chi connectivity index (χ1n) is 6.96. The highest BCUT2D eigenvalue weighted by atomic mass is 16.5. The smallest absolute Gasteiger partial charge is 0.407 e. The Labute approximate surface area is 128 Å². The summed E-state index contributed by atoms with van der Waals surface area (Å²) in [6.07, 6.45) is 1.59. The molecule has 0 saturated carbocycles. The molecule has 0 unspecified atom stereocenters. The number of ether oxygens (including phenoxy) is 1. The third kappa shape index (κ3) is 5.35. The van der Waals surface area contributed by atoms with Gasteiger partial charge in [0.05, 0.1) is 12.7 Å². The van der Waals surface area contributed by atoms with Gasteiger partial charge in [-0.15, -0.1) is 5.10 Å². The minimum Gasteiger partial charge on any atom is -0.445 e. The van der Waals surface area contributed by atoms with Crippen molar-refractivity contribution in [1.82, 2.24) is 20.3 Å². The topological polar surface area (TPSA) is 86.1 Å². The fraction of sp³-hybridized carbons (Fsp3) is 0.333. The van der Waals surface area contributed by atoms with Gasteiger partial charge in [0.25, 0.3) is 0 Å². The van der Waals surface area contributed by atoms with Gasteiger partial charge in [-0.05, 0) is 12.5 Å². The number of amides is 1. The van der Waals surface area contributed by atoms with Gasteiger partial charge < -0.3 is 10.1 Å². The van der Waals surface area contributed by atoms with Crippen molar-refractivity contribution in [2.24, 2.45) is 0 Å². The molecule has 0 aliphatic rings. The molecule has 1 heterocycles. The highest BCUT2D eigenvalue weighted by molar-refractivity contribution is 5.75. The molecule has 0 atom stereocenters. The van der Waals surface area contributed by atoms with Crippen molar-refractivity contribution in [3.8, 4) is 0 Å². The molecule has 0 aliphatic heterocycles. The first-order chi connectivity index (χ1) is 10.6. The molecule has 0 aliphatic carbocycles. The lowest BCUT2D eigenvalue weighted by Crippen LogP contribution is -2.23. The third-order valence-electron chi connectivity index (χ3n) is 2.91. The Balaban J connectivity index is 1.71. The van der Waals surface area contributed by atoms with E-state index in [1.165, 1.54) is 6.92 Å². The lowest BCUT2D eigenvalue weighted by molar-refractivity contribution is -0.117. The summed E-state index contributed by atoms with van der Waals surface area (Å²) in [5, 5.41) is 10.4. The number of rotatable bonds is 7. The second kappa shape index (κ2) is 7.92. The van der Waals surface area contributed by atoms with Gasteiger partial charge >= 0.3 is 6.09 Å². The minimum atomic E-state index is -0.512. The van der Waals surface area contributed by atoms with Gasteiger partial charge in [-0.2, -0.15) is 0 Å². The van der Waals surface area contributed by atoms with E-state index < -0.39 is 6.09 Å². The van der Waals surface area contributed by atoms with Crippen LogP contribution in [0.25, 0.3) is 0 Å². The maximum absolute atomic E-state index is 11.6. The van der Waals surface area contributed by atoms with E-state index in [-0.39, 0.29) is 18.9 Å². The third-order valence-corrected chi connectivity index (χ3v) is 2.91. The monoisotopic (exact) mass is 302 g/mol. The predicted octanol–water partition coefficient (Wildman–Crippen LogP) is 1.68. The second-order valence-corrected chi connectivity index (χ2v) is 4.84. The van der Waals surface area contributed by atoms with E-state index in [2.05, 4.69) is 15.6 Å². The minimum absolute atomic E-state index is 0.0969. The largest absolute Gasteiger partial charge is 0.445 e. The van der Waals surface area contributed by atoms with E-state index in [0.29, 0.717) is 18.7 Å². The SMILES string of the molecule is CC(=O)CCn1cc(CNC(=O)OCc2ccccc2)nn1. The zero-order valence-electron chi connectivity index (χ0n) is 12.4. The summed E-state index contributed by atoms with van der Waals surface area (Å²) in [5.74, 6) is 0.0969. The molecule has 116 valence electrons. The van der Waals surface area contributed by atoms with Crippen molar-refractivity contribution in [3.05, 3.63) is 47.8 Å². The van der Waals surface area contributed by atoms with Crippen LogP contribution in [0.3, 0.4) is 0 Å². The number of nitrogens with one attached hydrogen (secondary N) is 1. The maximum Gasteiger partial charge on any atom is 0.407 e. The second-order valence-electron chi connectivity index (χ2n) is 4.84. The van der Waals surface area contributed by atoms with Gasteiger partial charge in [0.15, 0.2) is 0 Å². The Bertz CT molecular complexity index is 625. The molecule has 1 N–H and O–H groups in total. The standard InChI is InChI=1S/C15H18N4O3/c1-12(20)7-8-19-10-14(17-18-19)9-16-15(21)22-11-13-5-3-2-4-6-13/h2-6,10H,7-9,11H2,1H3,(H,16,21). The quantitative estimate of drug-likeness (QED) is 0.841. The molecule has 2 rings (SSSR count). The van der Waals surface area contributed by atoms with Gasteiger partial charge in [-0.25, -0.2) is 4.79 Å². The van der Waals surface area contributed by atoms with Crippen LogP contribution >= 0.6 is 0 Å². The first-order valence-corrected chi connectivity index (χ1v) is 6.96. The van der Waals surface area contributed by atoms with Crippen LogP contribution in [0.4, 0.5) is 4.79 Å². The summed E-state index contributed by atoms with van der Waals surface area (Å²) in [6, 6.07) is 9.44. The van der Waals surface area contributed by atoms with Crippen LogP contribution in [-0.4, -0.2) is 26.9 Å². The normalized spacial score (nSPS) is 10.2. The number of hydrogen-bond donors (Lipinski definition) is 1. The summed E-state index contributed by atoms with van der Waals surface area (Å²) in [4.78, 5) is 22.5. The maximum atomic E-state index is 11.6. The number of carbonyl (C=O) groups excluding carboxylic acids is 2. The number of nitrogens with zero attached hydrogens (tertiary/aromatic N) is 3. The van der Waals surface area contributed by atoms with E-state index >= 15 is 0 Å². The zero-order chi connectivity index (χ0) is 15.8. The molecule has 0 fully saturated rings. The van der Waals surface area contributed by atoms with Gasteiger partial charge in [0, 0.05) is 13.0 Å². The molecule has 1 aromatic heterocycles. The summed E-state index contributed by atoms with van der Waals surface area (Å²) in [5.41, 5.74) is 1.54. The molecule has 7 heteroatoms. The highest BCUT2D eigenvalue weighted by Crippen LogP contribution is 2.01. The molecule has 1 amide bonds. The van der Waals surface area contributed by atoms with Crippen LogP contribution in [-0.2, 0) is 29.2 Å². The summed E-state index contributed by atoms with van der Waals surface area (Å²) in [7, 11) is 0. The Hall–Kier alpha value is -2.70. The number of ketones is 1. The molecule has 7 nitrogen and oxygen atoms in total. The molecule has 0 spiro atoms. The number of carbonyl (C=O) groups is 2. The Morgan fingerprint density at radius 1 is 1.27 bits per heavy atom. The molecule has 0 bridgehead atoms. The van der Waals surface area contributed by atoms with Crippen LogP contribution in [0, 0.1) is 0 Å². The van der Waals surface area contributed by atoms with Crippen LogP contribution in [0.5, 0.6) is 0 Å². The van der Waals surface area contributed by atoms with Crippen molar-refractivity contribution in [1.29, 1.82) is 0 Å². The average molecular weight is 302 g/mol. The van der Waals surface area contributed by atoms with Gasteiger partial charge in [-0.1, -0.05) is 35.5 Å². The summed E-state index contributed by atoms with van der Waals surface area (Å²) < 4.78 is 6.66. The van der Waals surface area contributed by atoms with E-state index in [4.69, 9.17) is 4.74 Å². The molecule has 2 aromatic rings. The van der Waals surface area contributed by atoms with Gasteiger partial charge in [-0.3, -0.25) is 9.48 Å². The fourth-order valence-corrected chi connectivity index (χ4v) is 1.74. The van der Waals surface area contributed by atoms with Crippen molar-refractivity contribution in [2.75, 3.05) is 0 Å².